The molecule has 2 aromatic rings. The number of nitrogens with zero attached hydrogens (tertiary/aromatic N) is 2. The first-order chi connectivity index (χ1) is 10.8. The summed E-state index contributed by atoms with van der Waals surface area (Å²) in [6, 6.07) is 18.5. The SMILES string of the molecule is CN(C)c1ccc(C[Si](Cl)(Cl)Cc2ccc(N(C)C)cc2)cc1. The Hall–Kier alpha value is -1.16. The molecule has 0 atom stereocenters. The summed E-state index contributed by atoms with van der Waals surface area (Å²) in [5.41, 5.74) is 4.78. The van der Waals surface area contributed by atoms with Crippen molar-refractivity contribution in [2.75, 3.05) is 38.0 Å². The van der Waals surface area contributed by atoms with Crippen molar-refractivity contribution >= 4 is 40.2 Å². The topological polar surface area (TPSA) is 6.48 Å². The largest absolute Gasteiger partial charge is 0.378 e. The Morgan fingerprint density at radius 3 is 1.22 bits per heavy atom. The van der Waals surface area contributed by atoms with Crippen LogP contribution < -0.4 is 9.80 Å². The standard InChI is InChI=1S/C18H24Cl2N2Si/c1-21(2)17-9-5-15(6-10-17)13-23(19,20)14-16-7-11-18(12-8-16)22(3)4/h5-12H,13-14H2,1-4H3. The van der Waals surface area contributed by atoms with E-state index in [9.17, 15) is 0 Å². The highest BCUT2D eigenvalue weighted by atomic mass is 35.7. The zero-order valence-electron chi connectivity index (χ0n) is 14.2. The molecule has 0 aliphatic rings. The highest BCUT2D eigenvalue weighted by Gasteiger charge is 2.29. The molecule has 0 fully saturated rings. The molecule has 0 saturated heterocycles. The van der Waals surface area contributed by atoms with Gasteiger partial charge < -0.3 is 9.80 Å². The van der Waals surface area contributed by atoms with Gasteiger partial charge in [-0.05, 0) is 47.5 Å². The molecular weight excluding hydrogens is 343 g/mol. The summed E-state index contributed by atoms with van der Waals surface area (Å²) in [4.78, 5) is 4.17. The summed E-state index contributed by atoms with van der Waals surface area (Å²) >= 11 is 13.4. The van der Waals surface area contributed by atoms with E-state index in [0.717, 1.165) is 12.1 Å². The van der Waals surface area contributed by atoms with Crippen LogP contribution in [0.2, 0.25) is 0 Å². The Morgan fingerprint density at radius 1 is 0.652 bits per heavy atom. The van der Waals surface area contributed by atoms with Crippen molar-refractivity contribution in [3.05, 3.63) is 59.7 Å². The van der Waals surface area contributed by atoms with Crippen LogP contribution in [0.25, 0.3) is 0 Å². The Kier molecular flexibility index (Phi) is 6.01. The second-order valence-corrected chi connectivity index (χ2v) is 13.7. The third kappa shape index (κ3) is 5.45. The summed E-state index contributed by atoms with van der Waals surface area (Å²) in [5.74, 6) is 0. The third-order valence-electron chi connectivity index (χ3n) is 3.83. The predicted molar refractivity (Wildman–Crippen MR) is 106 cm³/mol. The molecule has 0 aromatic heterocycles. The summed E-state index contributed by atoms with van der Waals surface area (Å²) in [6.07, 6.45) is 0. The van der Waals surface area contributed by atoms with Crippen LogP contribution in [-0.4, -0.2) is 34.9 Å². The Bertz CT molecular complexity index is 567. The fourth-order valence-electron chi connectivity index (χ4n) is 2.48. The Morgan fingerprint density at radius 2 is 0.957 bits per heavy atom. The molecule has 23 heavy (non-hydrogen) atoms. The van der Waals surface area contributed by atoms with Crippen LogP contribution >= 0.6 is 22.2 Å². The Balaban J connectivity index is 2.03. The van der Waals surface area contributed by atoms with E-state index in [1.54, 1.807) is 0 Å². The molecule has 124 valence electrons. The highest BCUT2D eigenvalue weighted by Crippen LogP contribution is 2.27. The van der Waals surface area contributed by atoms with E-state index < -0.39 is 6.69 Å². The third-order valence-corrected chi connectivity index (χ3v) is 7.29. The van der Waals surface area contributed by atoms with Crippen molar-refractivity contribution in [1.29, 1.82) is 0 Å². The molecule has 2 rings (SSSR count). The lowest BCUT2D eigenvalue weighted by atomic mass is 10.2. The molecule has 5 heteroatoms. The second kappa shape index (κ2) is 7.60. The molecular formula is C18H24Cl2N2Si. The molecule has 0 aliphatic carbocycles. The van der Waals surface area contributed by atoms with Crippen molar-refractivity contribution in [3.8, 4) is 0 Å². The van der Waals surface area contributed by atoms with E-state index >= 15 is 0 Å². The zero-order chi connectivity index (χ0) is 17.0. The molecule has 0 radical (unpaired) electrons. The first-order valence-corrected chi connectivity index (χ1v) is 12.1. The van der Waals surface area contributed by atoms with Gasteiger partial charge in [0.1, 0.15) is 0 Å². The number of anilines is 2. The van der Waals surface area contributed by atoms with Crippen LogP contribution in [-0.2, 0) is 12.1 Å². The molecule has 0 N–H and O–H groups in total. The van der Waals surface area contributed by atoms with Crippen molar-refractivity contribution in [3.63, 3.8) is 0 Å². The normalized spacial score (nSPS) is 11.4. The maximum Gasteiger partial charge on any atom is 0.259 e. The number of halogens is 2. The first kappa shape index (κ1) is 18.2. The van der Waals surface area contributed by atoms with Crippen LogP contribution in [0.3, 0.4) is 0 Å². The number of benzene rings is 2. The summed E-state index contributed by atoms with van der Waals surface area (Å²) < 4.78 is 0. The van der Waals surface area contributed by atoms with E-state index in [1.165, 1.54) is 22.5 Å². The monoisotopic (exact) mass is 366 g/mol. The molecule has 0 saturated carbocycles. The van der Waals surface area contributed by atoms with Gasteiger partial charge in [-0.1, -0.05) is 24.3 Å². The van der Waals surface area contributed by atoms with Gasteiger partial charge in [-0.3, -0.25) is 0 Å². The van der Waals surface area contributed by atoms with Gasteiger partial charge in [0.25, 0.3) is 6.69 Å². The number of hydrogen-bond donors (Lipinski definition) is 0. The first-order valence-electron chi connectivity index (χ1n) is 7.67. The maximum absolute atomic E-state index is 6.69. The minimum atomic E-state index is -2.36. The van der Waals surface area contributed by atoms with Crippen molar-refractivity contribution in [2.24, 2.45) is 0 Å². The predicted octanol–water partition coefficient (Wildman–Crippen LogP) is 4.60. The molecule has 0 spiro atoms. The van der Waals surface area contributed by atoms with E-state index in [4.69, 9.17) is 22.2 Å². The van der Waals surface area contributed by atoms with Gasteiger partial charge in [-0.15, -0.1) is 22.2 Å². The van der Waals surface area contributed by atoms with Gasteiger partial charge in [0.05, 0.1) is 0 Å². The Labute approximate surface area is 150 Å². The van der Waals surface area contributed by atoms with Gasteiger partial charge >= 0.3 is 0 Å². The van der Waals surface area contributed by atoms with Crippen LogP contribution in [0.15, 0.2) is 48.5 Å². The lowest BCUT2D eigenvalue weighted by Crippen LogP contribution is -2.27. The quantitative estimate of drug-likeness (QED) is 0.544. The molecule has 2 nitrogen and oxygen atoms in total. The lowest BCUT2D eigenvalue weighted by molar-refractivity contribution is 1.12. The van der Waals surface area contributed by atoms with E-state index in [0.29, 0.717) is 0 Å². The zero-order valence-corrected chi connectivity index (χ0v) is 16.7. The summed E-state index contributed by atoms with van der Waals surface area (Å²) in [5, 5.41) is 0. The molecule has 0 aliphatic heterocycles. The van der Waals surface area contributed by atoms with Gasteiger partial charge in [0.15, 0.2) is 0 Å². The summed E-state index contributed by atoms with van der Waals surface area (Å²) in [6.45, 7) is -2.36. The minimum absolute atomic E-state index is 0.763. The molecule has 0 amide bonds. The van der Waals surface area contributed by atoms with E-state index in [1.807, 2.05) is 28.2 Å². The molecule has 0 heterocycles. The minimum Gasteiger partial charge on any atom is -0.378 e. The molecule has 0 bridgehead atoms. The average Bonchev–Trinajstić information content (AvgIpc) is 2.47. The smallest absolute Gasteiger partial charge is 0.259 e. The van der Waals surface area contributed by atoms with Crippen molar-refractivity contribution in [1.82, 2.24) is 0 Å². The van der Waals surface area contributed by atoms with Gasteiger partial charge in [0.2, 0.25) is 0 Å². The highest BCUT2D eigenvalue weighted by molar-refractivity contribution is 7.44. The maximum atomic E-state index is 6.69. The van der Waals surface area contributed by atoms with E-state index in [2.05, 4.69) is 58.3 Å². The number of hydrogen-bond acceptors (Lipinski definition) is 2. The van der Waals surface area contributed by atoms with Crippen LogP contribution in [0.1, 0.15) is 11.1 Å². The fraction of sp³-hybridized carbons (Fsp3) is 0.333. The van der Waals surface area contributed by atoms with Gasteiger partial charge in [-0.2, -0.15) is 0 Å². The fourth-order valence-corrected chi connectivity index (χ4v) is 6.13. The second-order valence-electron chi connectivity index (χ2n) is 6.33. The van der Waals surface area contributed by atoms with Crippen LogP contribution in [0.4, 0.5) is 11.4 Å². The average molecular weight is 367 g/mol. The summed E-state index contributed by atoms with van der Waals surface area (Å²) in [7, 11) is 8.15. The van der Waals surface area contributed by atoms with Gasteiger partial charge in [-0.25, -0.2) is 0 Å². The van der Waals surface area contributed by atoms with Crippen LogP contribution in [0, 0.1) is 0 Å². The molecule has 0 unspecified atom stereocenters. The lowest BCUT2D eigenvalue weighted by Gasteiger charge is -2.19. The van der Waals surface area contributed by atoms with Crippen LogP contribution in [0.5, 0.6) is 0 Å². The van der Waals surface area contributed by atoms with Crippen molar-refractivity contribution < 1.29 is 0 Å². The number of rotatable bonds is 6. The van der Waals surface area contributed by atoms with Crippen molar-refractivity contribution in [2.45, 2.75) is 12.1 Å². The molecule has 2 aromatic carbocycles. The van der Waals surface area contributed by atoms with Gasteiger partial charge in [0, 0.05) is 39.6 Å². The van der Waals surface area contributed by atoms with E-state index in [-0.39, 0.29) is 0 Å².